The van der Waals surface area contributed by atoms with Crippen LogP contribution in [0.5, 0.6) is 0 Å². The van der Waals surface area contributed by atoms with Crippen molar-refractivity contribution in [2.75, 3.05) is 5.73 Å². The summed E-state index contributed by atoms with van der Waals surface area (Å²) in [4.78, 5) is 0. The van der Waals surface area contributed by atoms with Gasteiger partial charge >= 0.3 is 0 Å². The van der Waals surface area contributed by atoms with Crippen LogP contribution in [0.3, 0.4) is 0 Å². The first kappa shape index (κ1) is 9.41. The molecular formula is C7H6BrF2NO. The molecule has 0 amide bonds. The van der Waals surface area contributed by atoms with Gasteiger partial charge in [-0.25, -0.2) is 8.78 Å². The molecule has 0 fully saturated rings. The fraction of sp³-hybridized carbons (Fsp3) is 0.143. The summed E-state index contributed by atoms with van der Waals surface area (Å²) in [6.07, 6.45) is 0. The number of rotatable bonds is 1. The molecule has 1 rings (SSSR count). The van der Waals surface area contributed by atoms with E-state index in [9.17, 15) is 8.78 Å². The molecule has 0 saturated carbocycles. The average molecular weight is 238 g/mol. The van der Waals surface area contributed by atoms with Crippen molar-refractivity contribution < 1.29 is 13.9 Å². The van der Waals surface area contributed by atoms with Gasteiger partial charge in [0.1, 0.15) is 0 Å². The smallest absolute Gasteiger partial charge is 0.166 e. The Labute approximate surface area is 76.1 Å². The molecular weight excluding hydrogens is 232 g/mol. The Kier molecular flexibility index (Phi) is 2.64. The van der Waals surface area contributed by atoms with Crippen molar-refractivity contribution in [3.05, 3.63) is 27.7 Å². The van der Waals surface area contributed by atoms with Crippen LogP contribution in [0.2, 0.25) is 0 Å². The van der Waals surface area contributed by atoms with Crippen LogP contribution in [0.25, 0.3) is 0 Å². The standard InChI is InChI=1S/C7H6BrF2NO/c8-4-1-5(9)6(10)3(2-12)7(4)11/h1,12H,2,11H2. The van der Waals surface area contributed by atoms with Gasteiger partial charge in [0, 0.05) is 10.0 Å². The second-order valence-electron chi connectivity index (χ2n) is 2.20. The molecule has 0 unspecified atom stereocenters. The zero-order chi connectivity index (χ0) is 9.30. The van der Waals surface area contributed by atoms with Crippen LogP contribution in [0.1, 0.15) is 5.56 Å². The van der Waals surface area contributed by atoms with Gasteiger partial charge in [-0.2, -0.15) is 0 Å². The van der Waals surface area contributed by atoms with Crippen molar-refractivity contribution in [3.8, 4) is 0 Å². The van der Waals surface area contributed by atoms with E-state index in [2.05, 4.69) is 15.9 Å². The molecule has 5 heteroatoms. The number of halogens is 3. The Morgan fingerprint density at radius 3 is 2.58 bits per heavy atom. The predicted molar refractivity (Wildman–Crippen MR) is 44.4 cm³/mol. The molecule has 0 aliphatic heterocycles. The number of benzene rings is 1. The summed E-state index contributed by atoms with van der Waals surface area (Å²) in [6.45, 7) is -0.617. The monoisotopic (exact) mass is 237 g/mol. The normalized spacial score (nSPS) is 10.3. The van der Waals surface area contributed by atoms with Crippen molar-refractivity contribution in [1.29, 1.82) is 0 Å². The minimum absolute atomic E-state index is 0.0244. The minimum atomic E-state index is -1.10. The summed E-state index contributed by atoms with van der Waals surface area (Å²) in [6, 6.07) is 0.920. The second-order valence-corrected chi connectivity index (χ2v) is 3.06. The largest absolute Gasteiger partial charge is 0.397 e. The summed E-state index contributed by atoms with van der Waals surface area (Å²) in [5, 5.41) is 8.64. The number of aliphatic hydroxyl groups is 1. The van der Waals surface area contributed by atoms with Crippen LogP contribution in [0, 0.1) is 11.6 Å². The second kappa shape index (κ2) is 3.37. The summed E-state index contributed by atoms with van der Waals surface area (Å²) in [5.41, 5.74) is 5.15. The molecule has 1 aromatic carbocycles. The fourth-order valence-corrected chi connectivity index (χ4v) is 1.25. The van der Waals surface area contributed by atoms with Gasteiger partial charge in [0.2, 0.25) is 0 Å². The lowest BCUT2D eigenvalue weighted by Crippen LogP contribution is -2.01. The zero-order valence-electron chi connectivity index (χ0n) is 5.94. The molecule has 0 radical (unpaired) electrons. The van der Waals surface area contributed by atoms with Gasteiger partial charge in [-0.3, -0.25) is 0 Å². The van der Waals surface area contributed by atoms with E-state index in [1.54, 1.807) is 0 Å². The van der Waals surface area contributed by atoms with Gasteiger partial charge < -0.3 is 10.8 Å². The Hall–Kier alpha value is -0.680. The van der Waals surface area contributed by atoms with E-state index >= 15 is 0 Å². The number of aliphatic hydroxyl groups excluding tert-OH is 1. The maximum Gasteiger partial charge on any atom is 0.166 e. The zero-order valence-corrected chi connectivity index (χ0v) is 7.53. The first-order valence-electron chi connectivity index (χ1n) is 3.10. The van der Waals surface area contributed by atoms with Gasteiger partial charge in [0.25, 0.3) is 0 Å². The van der Waals surface area contributed by atoms with Gasteiger partial charge in [0.15, 0.2) is 11.6 Å². The molecule has 0 aliphatic rings. The van der Waals surface area contributed by atoms with Crippen molar-refractivity contribution >= 4 is 21.6 Å². The lowest BCUT2D eigenvalue weighted by molar-refractivity contribution is 0.274. The van der Waals surface area contributed by atoms with E-state index in [1.807, 2.05) is 0 Å². The van der Waals surface area contributed by atoms with Crippen molar-refractivity contribution in [2.24, 2.45) is 0 Å². The van der Waals surface area contributed by atoms with Crippen LogP contribution in [0.4, 0.5) is 14.5 Å². The SMILES string of the molecule is Nc1c(Br)cc(F)c(F)c1CO. The van der Waals surface area contributed by atoms with Gasteiger partial charge in [-0.05, 0) is 22.0 Å². The van der Waals surface area contributed by atoms with Crippen molar-refractivity contribution in [2.45, 2.75) is 6.61 Å². The molecule has 0 aliphatic carbocycles. The Morgan fingerprint density at radius 2 is 2.08 bits per heavy atom. The molecule has 2 nitrogen and oxygen atoms in total. The van der Waals surface area contributed by atoms with Crippen LogP contribution >= 0.6 is 15.9 Å². The minimum Gasteiger partial charge on any atom is -0.397 e. The highest BCUT2D eigenvalue weighted by atomic mass is 79.9. The maximum atomic E-state index is 12.8. The Balaban J connectivity index is 3.42. The lowest BCUT2D eigenvalue weighted by Gasteiger charge is -2.06. The molecule has 66 valence electrons. The number of nitrogen functional groups attached to an aromatic ring is 1. The number of anilines is 1. The molecule has 3 N–H and O–H groups in total. The number of hydrogen-bond donors (Lipinski definition) is 2. The van der Waals surface area contributed by atoms with Gasteiger partial charge in [-0.15, -0.1) is 0 Å². The molecule has 0 heterocycles. The Bertz CT molecular complexity index is 291. The van der Waals surface area contributed by atoms with Gasteiger partial charge in [-0.1, -0.05) is 0 Å². The molecule has 12 heavy (non-hydrogen) atoms. The van der Waals surface area contributed by atoms with Crippen LogP contribution in [-0.2, 0) is 6.61 Å². The van der Waals surface area contributed by atoms with E-state index in [4.69, 9.17) is 10.8 Å². The van der Waals surface area contributed by atoms with Crippen molar-refractivity contribution in [1.82, 2.24) is 0 Å². The van der Waals surface area contributed by atoms with Crippen LogP contribution < -0.4 is 5.73 Å². The van der Waals surface area contributed by atoms with Crippen LogP contribution in [0.15, 0.2) is 10.5 Å². The predicted octanol–water partition coefficient (Wildman–Crippen LogP) is 1.80. The van der Waals surface area contributed by atoms with E-state index in [0.717, 1.165) is 6.07 Å². The summed E-state index contributed by atoms with van der Waals surface area (Å²) in [5.74, 6) is -2.13. The third-order valence-corrected chi connectivity index (χ3v) is 2.12. The maximum absolute atomic E-state index is 12.8. The summed E-state index contributed by atoms with van der Waals surface area (Å²) >= 11 is 2.93. The highest BCUT2D eigenvalue weighted by Gasteiger charge is 2.13. The molecule has 0 spiro atoms. The topological polar surface area (TPSA) is 46.2 Å². The molecule has 0 aromatic heterocycles. The average Bonchev–Trinajstić information content (AvgIpc) is 2.02. The highest BCUT2D eigenvalue weighted by molar-refractivity contribution is 9.10. The molecule has 0 atom stereocenters. The Morgan fingerprint density at radius 1 is 1.50 bits per heavy atom. The van der Waals surface area contributed by atoms with E-state index < -0.39 is 18.2 Å². The number of nitrogens with two attached hydrogens (primary N) is 1. The highest BCUT2D eigenvalue weighted by Crippen LogP contribution is 2.27. The summed E-state index contributed by atoms with van der Waals surface area (Å²) in [7, 11) is 0. The summed E-state index contributed by atoms with van der Waals surface area (Å²) < 4.78 is 25.7. The first-order chi connectivity index (χ1) is 5.57. The molecule has 0 saturated heterocycles. The van der Waals surface area contributed by atoms with Gasteiger partial charge in [0.05, 0.1) is 12.3 Å². The van der Waals surface area contributed by atoms with Crippen molar-refractivity contribution in [3.63, 3.8) is 0 Å². The third-order valence-electron chi connectivity index (χ3n) is 1.47. The van der Waals surface area contributed by atoms with Crippen LogP contribution in [-0.4, -0.2) is 5.11 Å². The lowest BCUT2D eigenvalue weighted by atomic mass is 10.2. The van der Waals surface area contributed by atoms with E-state index in [1.165, 1.54) is 0 Å². The number of hydrogen-bond acceptors (Lipinski definition) is 2. The quantitative estimate of drug-likeness (QED) is 0.578. The van der Waals surface area contributed by atoms with E-state index in [0.29, 0.717) is 0 Å². The fourth-order valence-electron chi connectivity index (χ4n) is 0.813. The molecule has 1 aromatic rings. The first-order valence-corrected chi connectivity index (χ1v) is 3.90. The third kappa shape index (κ3) is 1.42. The molecule has 0 bridgehead atoms. The van der Waals surface area contributed by atoms with E-state index in [-0.39, 0.29) is 15.7 Å².